The van der Waals surface area contributed by atoms with E-state index in [9.17, 15) is 9.59 Å². The molecule has 0 aliphatic carbocycles. The fraction of sp³-hybridized carbons (Fsp3) is 0.385. The number of anilines is 1. The molecule has 4 rings (SSSR count). The SMILES string of the molecule is CCOc1ccccc1N1C(=O)C(c2ccc(OC(C)C)cc2)=C(N2CCCCC2)C1=O. The predicted octanol–water partition coefficient (Wildman–Crippen LogP) is 4.64. The molecule has 0 saturated carbocycles. The van der Waals surface area contributed by atoms with Crippen LogP contribution in [-0.4, -0.2) is 42.5 Å². The summed E-state index contributed by atoms with van der Waals surface area (Å²) in [6.07, 6.45) is 3.22. The first-order valence-electron chi connectivity index (χ1n) is 11.4. The lowest BCUT2D eigenvalue weighted by molar-refractivity contribution is -0.120. The summed E-state index contributed by atoms with van der Waals surface area (Å²) in [6, 6.07) is 14.6. The summed E-state index contributed by atoms with van der Waals surface area (Å²) in [5.74, 6) is 0.651. The van der Waals surface area contributed by atoms with E-state index in [1.54, 1.807) is 12.1 Å². The highest BCUT2D eigenvalue weighted by Crippen LogP contribution is 2.39. The van der Waals surface area contributed by atoms with Crippen molar-refractivity contribution in [2.75, 3.05) is 24.6 Å². The van der Waals surface area contributed by atoms with Gasteiger partial charge in [-0.2, -0.15) is 0 Å². The number of carbonyl (C=O) groups excluding carboxylic acids is 2. The molecule has 32 heavy (non-hydrogen) atoms. The molecule has 2 aliphatic rings. The van der Waals surface area contributed by atoms with Gasteiger partial charge in [-0.25, -0.2) is 4.90 Å². The van der Waals surface area contributed by atoms with Gasteiger partial charge >= 0.3 is 0 Å². The van der Waals surface area contributed by atoms with E-state index in [1.165, 1.54) is 4.90 Å². The van der Waals surface area contributed by atoms with E-state index in [-0.39, 0.29) is 17.9 Å². The lowest BCUT2D eigenvalue weighted by Crippen LogP contribution is -2.37. The van der Waals surface area contributed by atoms with Crippen molar-refractivity contribution in [3.63, 3.8) is 0 Å². The zero-order valence-corrected chi connectivity index (χ0v) is 19.0. The molecule has 0 aromatic heterocycles. The van der Waals surface area contributed by atoms with Crippen LogP contribution in [-0.2, 0) is 9.59 Å². The molecule has 0 N–H and O–H groups in total. The van der Waals surface area contributed by atoms with Gasteiger partial charge in [-0.3, -0.25) is 9.59 Å². The molecule has 2 aromatic rings. The monoisotopic (exact) mass is 434 g/mol. The summed E-state index contributed by atoms with van der Waals surface area (Å²) in [5.41, 5.74) is 2.13. The first-order chi connectivity index (χ1) is 15.5. The number of likely N-dealkylation sites (tertiary alicyclic amines) is 1. The van der Waals surface area contributed by atoms with E-state index in [0.717, 1.165) is 43.7 Å². The third kappa shape index (κ3) is 4.22. The van der Waals surface area contributed by atoms with Gasteiger partial charge in [-0.15, -0.1) is 0 Å². The summed E-state index contributed by atoms with van der Waals surface area (Å²) in [5, 5.41) is 0. The standard InChI is InChI=1S/C26H30N2O4/c1-4-31-22-11-7-6-10-21(22)28-25(29)23(19-12-14-20(15-13-19)32-18(2)3)24(26(28)30)27-16-8-5-9-17-27/h6-7,10-15,18H,4-5,8-9,16-17H2,1-3H3. The van der Waals surface area contributed by atoms with Crippen LogP contribution >= 0.6 is 0 Å². The molecular formula is C26H30N2O4. The van der Waals surface area contributed by atoms with Crippen LogP contribution < -0.4 is 14.4 Å². The second kappa shape index (κ2) is 9.47. The van der Waals surface area contributed by atoms with Gasteiger partial charge in [0, 0.05) is 13.1 Å². The average Bonchev–Trinajstić information content (AvgIpc) is 3.05. The molecule has 1 fully saturated rings. The number of amides is 2. The van der Waals surface area contributed by atoms with Gasteiger partial charge in [0.1, 0.15) is 17.2 Å². The molecule has 0 spiro atoms. The molecule has 168 valence electrons. The van der Waals surface area contributed by atoms with Gasteiger partial charge in [-0.05, 0) is 69.9 Å². The van der Waals surface area contributed by atoms with Crippen molar-refractivity contribution in [1.29, 1.82) is 0 Å². The zero-order valence-electron chi connectivity index (χ0n) is 19.0. The topological polar surface area (TPSA) is 59.1 Å². The van der Waals surface area contributed by atoms with Crippen molar-refractivity contribution in [3.8, 4) is 11.5 Å². The fourth-order valence-corrected chi connectivity index (χ4v) is 4.30. The Morgan fingerprint density at radius 1 is 0.906 bits per heavy atom. The Kier molecular flexibility index (Phi) is 6.49. The molecule has 0 radical (unpaired) electrons. The summed E-state index contributed by atoms with van der Waals surface area (Å²) in [4.78, 5) is 30.8. The van der Waals surface area contributed by atoms with Crippen molar-refractivity contribution in [3.05, 3.63) is 59.8 Å². The maximum atomic E-state index is 13.7. The van der Waals surface area contributed by atoms with Gasteiger partial charge in [0.25, 0.3) is 11.8 Å². The van der Waals surface area contributed by atoms with Crippen LogP contribution in [0.15, 0.2) is 54.2 Å². The van der Waals surface area contributed by atoms with E-state index >= 15 is 0 Å². The first-order valence-corrected chi connectivity index (χ1v) is 11.4. The number of ether oxygens (including phenoxy) is 2. The third-order valence-electron chi connectivity index (χ3n) is 5.65. The van der Waals surface area contributed by atoms with Gasteiger partial charge in [0.05, 0.1) is 24.0 Å². The van der Waals surface area contributed by atoms with Gasteiger partial charge in [0.2, 0.25) is 0 Å². The van der Waals surface area contributed by atoms with Crippen molar-refractivity contribution in [2.45, 2.75) is 46.1 Å². The highest BCUT2D eigenvalue weighted by Gasteiger charge is 2.43. The average molecular weight is 435 g/mol. The molecule has 2 amide bonds. The summed E-state index contributed by atoms with van der Waals surface area (Å²) >= 11 is 0. The molecule has 1 saturated heterocycles. The fourth-order valence-electron chi connectivity index (χ4n) is 4.30. The molecule has 2 heterocycles. The van der Waals surface area contributed by atoms with Crippen molar-refractivity contribution >= 4 is 23.1 Å². The second-order valence-corrected chi connectivity index (χ2v) is 8.31. The molecule has 0 unspecified atom stereocenters. The van der Waals surface area contributed by atoms with Crippen LogP contribution in [0.4, 0.5) is 5.69 Å². The van der Waals surface area contributed by atoms with Crippen LogP contribution in [0.5, 0.6) is 11.5 Å². The predicted molar refractivity (Wildman–Crippen MR) is 125 cm³/mol. The van der Waals surface area contributed by atoms with E-state index in [2.05, 4.69) is 4.90 Å². The first kappa shape index (κ1) is 21.9. The van der Waals surface area contributed by atoms with E-state index in [4.69, 9.17) is 9.47 Å². The number of carbonyl (C=O) groups is 2. The van der Waals surface area contributed by atoms with E-state index < -0.39 is 0 Å². The molecule has 2 aliphatic heterocycles. The van der Waals surface area contributed by atoms with Crippen LogP contribution in [0.25, 0.3) is 5.57 Å². The third-order valence-corrected chi connectivity index (χ3v) is 5.65. The van der Waals surface area contributed by atoms with Crippen LogP contribution in [0, 0.1) is 0 Å². The number of piperidine rings is 1. The largest absolute Gasteiger partial charge is 0.492 e. The summed E-state index contributed by atoms with van der Waals surface area (Å²) in [6.45, 7) is 7.81. The Labute approximate surface area is 189 Å². The highest BCUT2D eigenvalue weighted by molar-refractivity contribution is 6.45. The van der Waals surface area contributed by atoms with Gasteiger partial charge in [-0.1, -0.05) is 24.3 Å². The molecule has 6 nitrogen and oxygen atoms in total. The number of benzene rings is 2. The van der Waals surface area contributed by atoms with Crippen molar-refractivity contribution < 1.29 is 19.1 Å². The number of rotatable bonds is 7. The minimum Gasteiger partial charge on any atom is -0.492 e. The maximum Gasteiger partial charge on any atom is 0.282 e. The lowest BCUT2D eigenvalue weighted by Gasteiger charge is -2.29. The molecule has 0 bridgehead atoms. The Balaban J connectivity index is 1.78. The Morgan fingerprint density at radius 3 is 2.25 bits per heavy atom. The Morgan fingerprint density at radius 2 is 1.59 bits per heavy atom. The number of imide groups is 1. The van der Waals surface area contributed by atoms with Crippen LogP contribution in [0.1, 0.15) is 45.6 Å². The molecular weight excluding hydrogens is 404 g/mol. The minimum atomic E-state index is -0.319. The smallest absolute Gasteiger partial charge is 0.282 e. The normalized spacial score (nSPS) is 16.9. The number of nitrogens with zero attached hydrogens (tertiary/aromatic N) is 2. The number of hydrogen-bond acceptors (Lipinski definition) is 5. The molecule has 0 atom stereocenters. The zero-order chi connectivity index (χ0) is 22.7. The minimum absolute atomic E-state index is 0.0595. The molecule has 2 aromatic carbocycles. The highest BCUT2D eigenvalue weighted by atomic mass is 16.5. The quantitative estimate of drug-likeness (QED) is 0.594. The Bertz CT molecular complexity index is 1020. The number of hydrogen-bond donors (Lipinski definition) is 0. The van der Waals surface area contributed by atoms with E-state index in [1.807, 2.05) is 57.2 Å². The number of para-hydroxylation sites is 2. The Hall–Kier alpha value is -3.28. The van der Waals surface area contributed by atoms with Crippen LogP contribution in [0.2, 0.25) is 0 Å². The lowest BCUT2D eigenvalue weighted by atomic mass is 10.0. The summed E-state index contributed by atoms with van der Waals surface area (Å²) < 4.78 is 11.5. The van der Waals surface area contributed by atoms with Crippen LogP contribution in [0.3, 0.4) is 0 Å². The second-order valence-electron chi connectivity index (χ2n) is 8.31. The van der Waals surface area contributed by atoms with Gasteiger partial charge in [0.15, 0.2) is 0 Å². The van der Waals surface area contributed by atoms with Crippen molar-refractivity contribution in [2.24, 2.45) is 0 Å². The summed E-state index contributed by atoms with van der Waals surface area (Å²) in [7, 11) is 0. The maximum absolute atomic E-state index is 13.7. The van der Waals surface area contributed by atoms with E-state index in [0.29, 0.717) is 29.3 Å². The van der Waals surface area contributed by atoms with Crippen molar-refractivity contribution in [1.82, 2.24) is 4.90 Å². The van der Waals surface area contributed by atoms with Gasteiger partial charge < -0.3 is 14.4 Å². The molecule has 6 heteroatoms.